The molecule has 0 saturated carbocycles. The van der Waals surface area contributed by atoms with E-state index in [2.05, 4.69) is 5.32 Å². The number of nitrogens with one attached hydrogen (secondary N) is 1. The molecule has 1 aromatic rings. The minimum absolute atomic E-state index is 0.298. The molecule has 3 rings (SSSR count). The maximum Gasteiger partial charge on any atom is 0.317 e. The van der Waals surface area contributed by atoms with E-state index in [1.165, 1.54) is 0 Å². The van der Waals surface area contributed by atoms with Crippen LogP contribution < -0.4 is 14.8 Å². The third-order valence-electron chi connectivity index (χ3n) is 4.98. The van der Waals surface area contributed by atoms with Crippen LogP contribution in [0.2, 0.25) is 0 Å². The number of para-hydroxylation sites is 1. The summed E-state index contributed by atoms with van der Waals surface area (Å²) in [6, 6.07) is 5.32. The first-order chi connectivity index (χ1) is 13.0. The second-order valence-corrected chi connectivity index (χ2v) is 6.95. The minimum atomic E-state index is -1.02. The highest BCUT2D eigenvalue weighted by Crippen LogP contribution is 2.51. The number of hydrogen-bond donors (Lipinski definition) is 1. The van der Waals surface area contributed by atoms with Gasteiger partial charge in [0.2, 0.25) is 0 Å². The van der Waals surface area contributed by atoms with Gasteiger partial charge in [-0.2, -0.15) is 0 Å². The zero-order valence-corrected chi connectivity index (χ0v) is 16.9. The first-order valence-corrected chi connectivity index (χ1v) is 9.57. The predicted molar refractivity (Wildman–Crippen MR) is 104 cm³/mol. The maximum absolute atomic E-state index is 12.9. The standard InChI is InChI=1S/C19H26N2O5S/c1-5-24-13-9-7-8-12-15-14(17(22)25-6-2)19(3,26-16(12)13)21(10-11-23-4)18(27)20-15/h7-9,14-15H,5-6,10-11H2,1-4H3,(H,20,27)/t14-,15+,19+/m1/s1. The summed E-state index contributed by atoms with van der Waals surface area (Å²) in [4.78, 5) is 14.7. The summed E-state index contributed by atoms with van der Waals surface area (Å²) in [5, 5.41) is 3.83. The lowest BCUT2D eigenvalue weighted by molar-refractivity contribution is -0.176. The van der Waals surface area contributed by atoms with Crippen LogP contribution in [0, 0.1) is 5.92 Å². The van der Waals surface area contributed by atoms with E-state index in [-0.39, 0.29) is 12.0 Å². The fraction of sp³-hybridized carbons (Fsp3) is 0.579. The van der Waals surface area contributed by atoms with Crippen molar-refractivity contribution in [3.05, 3.63) is 23.8 Å². The van der Waals surface area contributed by atoms with Gasteiger partial charge in [-0.15, -0.1) is 0 Å². The van der Waals surface area contributed by atoms with Crippen LogP contribution in [0.5, 0.6) is 11.5 Å². The lowest BCUT2D eigenvalue weighted by Crippen LogP contribution is -2.71. The molecule has 1 N–H and O–H groups in total. The summed E-state index contributed by atoms with van der Waals surface area (Å²) in [5.41, 5.74) is -0.178. The Bertz CT molecular complexity index is 728. The van der Waals surface area contributed by atoms with Crippen LogP contribution >= 0.6 is 12.2 Å². The molecule has 148 valence electrons. The van der Waals surface area contributed by atoms with E-state index in [1.54, 1.807) is 14.0 Å². The smallest absolute Gasteiger partial charge is 0.317 e. The van der Waals surface area contributed by atoms with Crippen molar-refractivity contribution in [3.63, 3.8) is 0 Å². The molecule has 0 radical (unpaired) electrons. The maximum atomic E-state index is 12.9. The average molecular weight is 394 g/mol. The first kappa shape index (κ1) is 19.7. The van der Waals surface area contributed by atoms with E-state index in [0.717, 1.165) is 5.56 Å². The van der Waals surface area contributed by atoms with Gasteiger partial charge in [-0.25, -0.2) is 0 Å². The van der Waals surface area contributed by atoms with Crippen LogP contribution in [0.25, 0.3) is 0 Å². The van der Waals surface area contributed by atoms with E-state index in [4.69, 9.17) is 31.2 Å². The monoisotopic (exact) mass is 394 g/mol. The quantitative estimate of drug-likeness (QED) is 0.558. The van der Waals surface area contributed by atoms with Gasteiger partial charge >= 0.3 is 5.97 Å². The van der Waals surface area contributed by atoms with Gasteiger partial charge in [0, 0.05) is 19.2 Å². The highest BCUT2D eigenvalue weighted by molar-refractivity contribution is 7.80. The summed E-state index contributed by atoms with van der Waals surface area (Å²) in [6.07, 6.45) is 0. The van der Waals surface area contributed by atoms with Crippen molar-refractivity contribution in [3.8, 4) is 11.5 Å². The normalized spacial score (nSPS) is 25.9. The number of esters is 1. The molecule has 8 heteroatoms. The number of benzene rings is 1. The number of hydrogen-bond acceptors (Lipinski definition) is 6. The van der Waals surface area contributed by atoms with Gasteiger partial charge in [0.15, 0.2) is 22.3 Å². The van der Waals surface area contributed by atoms with E-state index in [1.807, 2.05) is 36.9 Å². The van der Waals surface area contributed by atoms with Crippen molar-refractivity contribution in [2.45, 2.75) is 32.5 Å². The molecule has 0 spiro atoms. The summed E-state index contributed by atoms with van der Waals surface area (Å²) in [5.74, 6) is 0.361. The number of carbonyl (C=O) groups is 1. The van der Waals surface area contributed by atoms with Gasteiger partial charge in [-0.1, -0.05) is 12.1 Å². The van der Waals surface area contributed by atoms with E-state index < -0.39 is 11.6 Å². The Morgan fingerprint density at radius 3 is 2.81 bits per heavy atom. The molecule has 1 saturated heterocycles. The van der Waals surface area contributed by atoms with Crippen molar-refractivity contribution in [2.24, 2.45) is 5.92 Å². The van der Waals surface area contributed by atoms with E-state index in [0.29, 0.717) is 43.0 Å². The van der Waals surface area contributed by atoms with Crippen LogP contribution in [0.15, 0.2) is 18.2 Å². The van der Waals surface area contributed by atoms with Crippen molar-refractivity contribution >= 4 is 23.3 Å². The van der Waals surface area contributed by atoms with Crippen LogP contribution in [0.1, 0.15) is 32.4 Å². The molecule has 1 aromatic carbocycles. The number of nitrogens with zero attached hydrogens (tertiary/aromatic N) is 1. The number of thiocarbonyl (C=S) groups is 1. The minimum Gasteiger partial charge on any atom is -0.490 e. The summed E-state index contributed by atoms with van der Waals surface area (Å²) >= 11 is 5.58. The fourth-order valence-corrected chi connectivity index (χ4v) is 4.20. The Balaban J connectivity index is 2.12. The summed E-state index contributed by atoms with van der Waals surface area (Å²) in [7, 11) is 1.62. The molecule has 27 heavy (non-hydrogen) atoms. The predicted octanol–water partition coefficient (Wildman–Crippen LogP) is 2.25. The van der Waals surface area contributed by atoms with Gasteiger partial charge in [0.1, 0.15) is 5.92 Å². The Morgan fingerprint density at radius 2 is 2.15 bits per heavy atom. The molecule has 0 aromatic heterocycles. The molecular weight excluding hydrogens is 368 g/mol. The summed E-state index contributed by atoms with van der Waals surface area (Å²) < 4.78 is 22.8. The molecular formula is C19H26N2O5S. The van der Waals surface area contributed by atoms with Gasteiger partial charge in [0.05, 0.1) is 25.9 Å². The Morgan fingerprint density at radius 1 is 1.37 bits per heavy atom. The first-order valence-electron chi connectivity index (χ1n) is 9.16. The summed E-state index contributed by atoms with van der Waals surface area (Å²) in [6.45, 7) is 7.32. The van der Waals surface area contributed by atoms with Gasteiger partial charge in [-0.3, -0.25) is 4.79 Å². The van der Waals surface area contributed by atoms with Gasteiger partial charge in [-0.05, 0) is 39.1 Å². The second kappa shape index (κ2) is 7.90. The lowest BCUT2D eigenvalue weighted by atomic mass is 9.79. The molecule has 2 aliphatic rings. The van der Waals surface area contributed by atoms with Crippen LogP contribution in [-0.4, -0.2) is 55.2 Å². The molecule has 1 fully saturated rings. The van der Waals surface area contributed by atoms with Crippen LogP contribution in [0.4, 0.5) is 0 Å². The molecule has 3 atom stereocenters. The SMILES string of the molecule is CCOC(=O)[C@H]1[C@H]2NC(=S)N(CCOC)[C@@]1(C)Oc1c(OCC)cccc12. The van der Waals surface area contributed by atoms with E-state index >= 15 is 0 Å². The number of fused-ring (bicyclic) bond motifs is 4. The van der Waals surface area contributed by atoms with Gasteiger partial charge < -0.3 is 29.2 Å². The average Bonchev–Trinajstić information content (AvgIpc) is 2.62. The molecule has 0 amide bonds. The highest BCUT2D eigenvalue weighted by Gasteiger charge is 2.59. The lowest BCUT2D eigenvalue weighted by Gasteiger charge is -2.55. The zero-order chi connectivity index (χ0) is 19.6. The number of rotatable bonds is 7. The largest absolute Gasteiger partial charge is 0.490 e. The Hall–Kier alpha value is -2.06. The molecule has 2 heterocycles. The van der Waals surface area contributed by atoms with Crippen molar-refractivity contribution in [1.29, 1.82) is 0 Å². The molecule has 2 aliphatic heterocycles. The molecule has 7 nitrogen and oxygen atoms in total. The fourth-order valence-electron chi connectivity index (χ4n) is 3.80. The second-order valence-electron chi connectivity index (χ2n) is 6.57. The molecule has 2 bridgehead atoms. The number of methoxy groups -OCH3 is 1. The Kier molecular flexibility index (Phi) is 5.76. The van der Waals surface area contributed by atoms with Gasteiger partial charge in [0.25, 0.3) is 0 Å². The Labute approximate surface area is 164 Å². The zero-order valence-electron chi connectivity index (χ0n) is 16.1. The highest BCUT2D eigenvalue weighted by atomic mass is 32.1. The van der Waals surface area contributed by atoms with Crippen molar-refractivity contribution < 1.29 is 23.7 Å². The number of ether oxygens (including phenoxy) is 4. The molecule has 0 aliphatic carbocycles. The number of carbonyl (C=O) groups excluding carboxylic acids is 1. The topological polar surface area (TPSA) is 69.3 Å². The van der Waals surface area contributed by atoms with Crippen molar-refractivity contribution in [2.75, 3.05) is 33.5 Å². The van der Waals surface area contributed by atoms with E-state index in [9.17, 15) is 4.79 Å². The van der Waals surface area contributed by atoms with Crippen LogP contribution in [0.3, 0.4) is 0 Å². The molecule has 0 unspecified atom stereocenters. The van der Waals surface area contributed by atoms with Crippen LogP contribution in [-0.2, 0) is 14.3 Å². The van der Waals surface area contributed by atoms with Crippen molar-refractivity contribution in [1.82, 2.24) is 10.2 Å². The third-order valence-corrected chi connectivity index (χ3v) is 5.32. The third kappa shape index (κ3) is 3.32.